The molecule has 0 spiro atoms. The van der Waals surface area contributed by atoms with Gasteiger partial charge in [-0.1, -0.05) is 6.07 Å². The predicted molar refractivity (Wildman–Crippen MR) is 48.4 cm³/mol. The van der Waals surface area contributed by atoms with E-state index in [1.165, 1.54) is 17.0 Å². The molecule has 0 unspecified atom stereocenters. The van der Waals surface area contributed by atoms with Crippen LogP contribution >= 0.6 is 0 Å². The Morgan fingerprint density at radius 2 is 2.29 bits per heavy atom. The van der Waals surface area contributed by atoms with Gasteiger partial charge in [-0.2, -0.15) is 0 Å². The molecule has 2 aromatic rings. The van der Waals surface area contributed by atoms with Gasteiger partial charge in [0.05, 0.1) is 5.69 Å². The lowest BCUT2D eigenvalue weighted by molar-refractivity contribution is 0.111. The first-order valence-electron chi connectivity index (χ1n) is 3.96. The minimum absolute atomic E-state index is 0.132. The Balaban J connectivity index is 2.54. The summed E-state index contributed by atoms with van der Waals surface area (Å²) >= 11 is 0. The van der Waals surface area contributed by atoms with Crippen LogP contribution in [0.4, 0.5) is 0 Å². The molecule has 0 amide bonds. The maximum Gasteiger partial charge on any atom is 0.201 e. The first kappa shape index (κ1) is 8.43. The highest BCUT2D eigenvalue weighted by atomic mass is 16.3. The van der Waals surface area contributed by atoms with Crippen LogP contribution in [-0.4, -0.2) is 26.2 Å². The zero-order chi connectivity index (χ0) is 9.97. The van der Waals surface area contributed by atoms with E-state index in [4.69, 9.17) is 0 Å². The standard InChI is InChI=1S/C9H7N3O2/c13-5-9-11-10-6-12(9)7-2-1-3-8(14)4-7/h1-6,14H. The van der Waals surface area contributed by atoms with Crippen molar-refractivity contribution in [3.05, 3.63) is 36.4 Å². The molecule has 1 aromatic heterocycles. The third-order valence-electron chi connectivity index (χ3n) is 1.79. The van der Waals surface area contributed by atoms with Gasteiger partial charge in [0.15, 0.2) is 6.29 Å². The second-order valence-electron chi connectivity index (χ2n) is 2.70. The molecule has 1 aromatic carbocycles. The highest BCUT2D eigenvalue weighted by Gasteiger charge is 2.04. The fourth-order valence-electron chi connectivity index (χ4n) is 1.17. The summed E-state index contributed by atoms with van der Waals surface area (Å²) in [7, 11) is 0. The van der Waals surface area contributed by atoms with Crippen LogP contribution in [0.15, 0.2) is 30.6 Å². The van der Waals surface area contributed by atoms with E-state index in [2.05, 4.69) is 10.2 Å². The van der Waals surface area contributed by atoms with E-state index >= 15 is 0 Å². The molecule has 0 saturated carbocycles. The lowest BCUT2D eigenvalue weighted by atomic mass is 10.3. The normalized spacial score (nSPS) is 10.0. The monoisotopic (exact) mass is 189 g/mol. The van der Waals surface area contributed by atoms with Crippen LogP contribution in [0.5, 0.6) is 5.75 Å². The second-order valence-corrected chi connectivity index (χ2v) is 2.70. The molecule has 0 radical (unpaired) electrons. The average molecular weight is 189 g/mol. The van der Waals surface area contributed by atoms with E-state index in [-0.39, 0.29) is 11.6 Å². The fourth-order valence-corrected chi connectivity index (χ4v) is 1.17. The van der Waals surface area contributed by atoms with E-state index in [9.17, 15) is 9.90 Å². The molecule has 2 rings (SSSR count). The predicted octanol–water partition coefficient (Wildman–Crippen LogP) is 0.785. The maximum atomic E-state index is 10.6. The summed E-state index contributed by atoms with van der Waals surface area (Å²) in [5.74, 6) is 0.337. The lowest BCUT2D eigenvalue weighted by Crippen LogP contribution is -1.98. The van der Waals surface area contributed by atoms with E-state index in [1.807, 2.05) is 0 Å². The van der Waals surface area contributed by atoms with Gasteiger partial charge in [-0.05, 0) is 12.1 Å². The van der Waals surface area contributed by atoms with Gasteiger partial charge in [-0.25, -0.2) is 0 Å². The summed E-state index contributed by atoms with van der Waals surface area (Å²) in [6.07, 6.45) is 2.02. The fraction of sp³-hybridized carbons (Fsp3) is 0. The Labute approximate surface area is 79.6 Å². The Kier molecular flexibility index (Phi) is 1.98. The lowest BCUT2D eigenvalue weighted by Gasteiger charge is -2.02. The molecule has 0 aliphatic rings. The smallest absolute Gasteiger partial charge is 0.201 e. The molecule has 0 fully saturated rings. The number of phenols is 1. The summed E-state index contributed by atoms with van der Waals surface area (Å²) in [4.78, 5) is 10.6. The van der Waals surface area contributed by atoms with Gasteiger partial charge in [0.25, 0.3) is 0 Å². The largest absolute Gasteiger partial charge is 0.508 e. The van der Waals surface area contributed by atoms with E-state index in [0.717, 1.165) is 0 Å². The zero-order valence-corrected chi connectivity index (χ0v) is 7.16. The van der Waals surface area contributed by atoms with Crippen LogP contribution in [0.2, 0.25) is 0 Å². The Morgan fingerprint density at radius 1 is 1.43 bits per heavy atom. The van der Waals surface area contributed by atoms with Crippen LogP contribution in [0, 0.1) is 0 Å². The molecule has 5 heteroatoms. The van der Waals surface area contributed by atoms with Crippen molar-refractivity contribution in [2.24, 2.45) is 0 Å². The minimum Gasteiger partial charge on any atom is -0.508 e. The number of phenolic OH excluding ortho intramolecular Hbond substituents is 1. The Hall–Kier alpha value is -2.17. The highest BCUT2D eigenvalue weighted by molar-refractivity contribution is 5.70. The molecule has 1 heterocycles. The molecular weight excluding hydrogens is 182 g/mol. The van der Waals surface area contributed by atoms with Crippen molar-refractivity contribution in [3.8, 4) is 11.4 Å². The summed E-state index contributed by atoms with van der Waals surface area (Å²) in [5, 5.41) is 16.4. The SMILES string of the molecule is O=Cc1nncn1-c1cccc(O)c1. The van der Waals surface area contributed by atoms with E-state index < -0.39 is 0 Å². The van der Waals surface area contributed by atoms with Crippen molar-refractivity contribution in [1.29, 1.82) is 0 Å². The third-order valence-corrected chi connectivity index (χ3v) is 1.79. The summed E-state index contributed by atoms with van der Waals surface area (Å²) < 4.78 is 1.49. The van der Waals surface area contributed by atoms with Gasteiger partial charge in [0.1, 0.15) is 12.1 Å². The molecule has 1 N–H and O–H groups in total. The van der Waals surface area contributed by atoms with Crippen molar-refractivity contribution in [3.63, 3.8) is 0 Å². The molecule has 0 saturated heterocycles. The molecule has 0 atom stereocenters. The van der Waals surface area contributed by atoms with Crippen molar-refractivity contribution < 1.29 is 9.90 Å². The molecule has 0 bridgehead atoms. The Bertz CT molecular complexity index is 465. The van der Waals surface area contributed by atoms with Crippen LogP contribution in [0.25, 0.3) is 5.69 Å². The van der Waals surface area contributed by atoms with Gasteiger partial charge in [-0.3, -0.25) is 9.36 Å². The van der Waals surface area contributed by atoms with Crippen molar-refractivity contribution in [1.82, 2.24) is 14.8 Å². The first-order chi connectivity index (χ1) is 6.81. The van der Waals surface area contributed by atoms with Crippen LogP contribution in [0.3, 0.4) is 0 Å². The second kappa shape index (κ2) is 3.29. The molecule has 14 heavy (non-hydrogen) atoms. The van der Waals surface area contributed by atoms with Crippen LogP contribution in [-0.2, 0) is 0 Å². The number of benzene rings is 1. The first-order valence-corrected chi connectivity index (χ1v) is 3.96. The molecule has 0 aliphatic carbocycles. The molecular formula is C9H7N3O2. The summed E-state index contributed by atoms with van der Waals surface area (Å²) in [5.41, 5.74) is 0.650. The minimum atomic E-state index is 0.132. The van der Waals surface area contributed by atoms with Gasteiger partial charge < -0.3 is 5.11 Å². The van der Waals surface area contributed by atoms with Crippen molar-refractivity contribution in [2.45, 2.75) is 0 Å². The quantitative estimate of drug-likeness (QED) is 0.709. The number of aldehydes is 1. The number of aromatic hydroxyl groups is 1. The van der Waals surface area contributed by atoms with Gasteiger partial charge >= 0.3 is 0 Å². The average Bonchev–Trinajstić information content (AvgIpc) is 2.65. The molecule has 70 valence electrons. The van der Waals surface area contributed by atoms with Gasteiger partial charge in [0, 0.05) is 6.07 Å². The van der Waals surface area contributed by atoms with Gasteiger partial charge in [-0.15, -0.1) is 10.2 Å². The summed E-state index contributed by atoms with van der Waals surface area (Å²) in [6, 6.07) is 6.50. The van der Waals surface area contributed by atoms with Crippen molar-refractivity contribution in [2.75, 3.05) is 0 Å². The third kappa shape index (κ3) is 1.35. The topological polar surface area (TPSA) is 68.0 Å². The Morgan fingerprint density at radius 3 is 3.00 bits per heavy atom. The maximum absolute atomic E-state index is 10.6. The van der Waals surface area contributed by atoms with E-state index in [0.29, 0.717) is 12.0 Å². The van der Waals surface area contributed by atoms with Crippen LogP contribution < -0.4 is 0 Å². The van der Waals surface area contributed by atoms with Crippen LogP contribution in [0.1, 0.15) is 10.6 Å². The molecule has 5 nitrogen and oxygen atoms in total. The number of hydrogen-bond donors (Lipinski definition) is 1. The highest BCUT2D eigenvalue weighted by Crippen LogP contribution is 2.15. The van der Waals surface area contributed by atoms with Gasteiger partial charge in [0.2, 0.25) is 5.82 Å². The number of carbonyl (C=O) groups is 1. The number of carbonyl (C=O) groups excluding carboxylic acids is 1. The van der Waals surface area contributed by atoms with E-state index in [1.54, 1.807) is 18.2 Å². The number of aromatic nitrogens is 3. The zero-order valence-electron chi connectivity index (χ0n) is 7.16. The number of hydrogen-bond acceptors (Lipinski definition) is 4. The number of nitrogens with zero attached hydrogens (tertiary/aromatic N) is 3. The summed E-state index contributed by atoms with van der Waals surface area (Å²) in [6.45, 7) is 0. The van der Waals surface area contributed by atoms with Crippen molar-refractivity contribution >= 4 is 6.29 Å². The molecule has 0 aliphatic heterocycles. The number of rotatable bonds is 2.